The number of carbonyl (C=O) groups is 2. The average molecular weight is 426 g/mol. The smallest absolute Gasteiger partial charge is 0.290 e. The van der Waals surface area contributed by atoms with E-state index in [2.05, 4.69) is 4.57 Å². The summed E-state index contributed by atoms with van der Waals surface area (Å²) in [6.45, 7) is 5.06. The van der Waals surface area contributed by atoms with E-state index in [0.29, 0.717) is 18.1 Å². The maximum atomic E-state index is 13.4. The summed E-state index contributed by atoms with van der Waals surface area (Å²) in [4.78, 5) is 29.7. The number of amides is 2. The summed E-state index contributed by atoms with van der Waals surface area (Å²) in [6, 6.07) is 14.5. The second kappa shape index (κ2) is 8.40. The van der Waals surface area contributed by atoms with Crippen LogP contribution in [-0.2, 0) is 11.3 Å². The molecule has 0 aliphatic carbocycles. The monoisotopic (exact) mass is 425 g/mol. The molecule has 2 aromatic heterocycles. The quantitative estimate of drug-likeness (QED) is 0.615. The van der Waals surface area contributed by atoms with Crippen LogP contribution in [-0.4, -0.2) is 45.3 Å². The summed E-state index contributed by atoms with van der Waals surface area (Å²) in [7, 11) is 0. The van der Waals surface area contributed by atoms with Gasteiger partial charge in [0.25, 0.3) is 5.91 Å². The Labute approximate surface area is 180 Å². The summed E-state index contributed by atoms with van der Waals surface area (Å²) in [5.74, 6) is -0.152. The first kappa shape index (κ1) is 20.3. The Morgan fingerprint density at radius 1 is 1.13 bits per heavy atom. The number of nitrogens with zero attached hydrogens (tertiary/aromatic N) is 3. The van der Waals surface area contributed by atoms with E-state index >= 15 is 0 Å². The molecule has 1 aliphatic heterocycles. The Kier molecular flexibility index (Phi) is 5.68. The molecular weight excluding hydrogens is 402 g/mol. The third-order valence-corrected chi connectivity index (χ3v) is 5.72. The molecule has 4 rings (SSSR count). The molecule has 0 saturated carbocycles. The molecule has 6 nitrogen and oxygen atoms in total. The molecule has 0 fully saturated rings. The predicted octanol–water partition coefficient (Wildman–Crippen LogP) is 4.22. The van der Waals surface area contributed by atoms with Crippen LogP contribution >= 0.6 is 11.6 Å². The minimum atomic E-state index is -0.285. The van der Waals surface area contributed by atoms with Crippen molar-refractivity contribution in [3.63, 3.8) is 0 Å². The summed E-state index contributed by atoms with van der Waals surface area (Å²) in [5.41, 5.74) is 2.03. The fourth-order valence-electron chi connectivity index (χ4n) is 3.92. The van der Waals surface area contributed by atoms with E-state index in [4.69, 9.17) is 16.0 Å². The Hall–Kier alpha value is -2.99. The van der Waals surface area contributed by atoms with Crippen molar-refractivity contribution in [2.24, 2.45) is 0 Å². The van der Waals surface area contributed by atoms with Crippen molar-refractivity contribution >= 4 is 23.4 Å². The van der Waals surface area contributed by atoms with Gasteiger partial charge in [-0.05, 0) is 55.8 Å². The molecule has 0 N–H and O–H groups in total. The van der Waals surface area contributed by atoms with Gasteiger partial charge in [-0.1, -0.05) is 23.7 Å². The van der Waals surface area contributed by atoms with Crippen molar-refractivity contribution < 1.29 is 14.0 Å². The molecule has 2 amide bonds. The molecule has 1 unspecified atom stereocenters. The topological polar surface area (TPSA) is 58.7 Å². The lowest BCUT2D eigenvalue weighted by Gasteiger charge is -2.39. The van der Waals surface area contributed by atoms with Crippen molar-refractivity contribution in [3.05, 3.63) is 83.0 Å². The molecule has 1 aliphatic rings. The van der Waals surface area contributed by atoms with Gasteiger partial charge in [-0.25, -0.2) is 0 Å². The standard InChI is InChI=1S/C23H24ClN3O3/c1-16(2)27(23(29)20-6-4-14-30-20)15-21(28)26-13-12-25-11-3-5-19(25)22(26)17-7-9-18(24)10-8-17/h3-11,14,16,22H,12-13,15H2,1-2H3. The third kappa shape index (κ3) is 3.87. The fourth-order valence-corrected chi connectivity index (χ4v) is 4.04. The Bertz CT molecular complexity index is 1020. The van der Waals surface area contributed by atoms with E-state index in [9.17, 15) is 9.59 Å². The number of aromatic nitrogens is 1. The number of hydrogen-bond donors (Lipinski definition) is 0. The van der Waals surface area contributed by atoms with Crippen molar-refractivity contribution in [3.8, 4) is 0 Å². The third-order valence-electron chi connectivity index (χ3n) is 5.47. The molecule has 1 aromatic carbocycles. The van der Waals surface area contributed by atoms with Crippen LogP contribution in [0.15, 0.2) is 65.4 Å². The lowest BCUT2D eigenvalue weighted by molar-refractivity contribution is -0.135. The van der Waals surface area contributed by atoms with Gasteiger partial charge in [0.2, 0.25) is 5.91 Å². The SMILES string of the molecule is CC(C)N(CC(=O)N1CCn2cccc2C1c1ccc(Cl)cc1)C(=O)c1ccco1. The average Bonchev–Trinajstić information content (AvgIpc) is 3.43. The number of hydrogen-bond acceptors (Lipinski definition) is 3. The maximum Gasteiger partial charge on any atom is 0.290 e. The number of fused-ring (bicyclic) bond motifs is 1. The van der Waals surface area contributed by atoms with Gasteiger partial charge in [-0.2, -0.15) is 0 Å². The first-order valence-corrected chi connectivity index (χ1v) is 10.4. The molecule has 0 saturated heterocycles. The van der Waals surface area contributed by atoms with Gasteiger partial charge in [0, 0.05) is 36.0 Å². The zero-order chi connectivity index (χ0) is 21.3. The van der Waals surface area contributed by atoms with Crippen molar-refractivity contribution in [1.29, 1.82) is 0 Å². The van der Waals surface area contributed by atoms with Crippen LogP contribution in [0.5, 0.6) is 0 Å². The Morgan fingerprint density at radius 3 is 2.57 bits per heavy atom. The van der Waals surface area contributed by atoms with Gasteiger partial charge in [-0.3, -0.25) is 9.59 Å². The van der Waals surface area contributed by atoms with Crippen molar-refractivity contribution in [2.75, 3.05) is 13.1 Å². The number of halogens is 1. The molecule has 0 radical (unpaired) electrons. The predicted molar refractivity (Wildman–Crippen MR) is 114 cm³/mol. The molecular formula is C23H24ClN3O3. The van der Waals surface area contributed by atoms with Crippen LogP contribution in [0.1, 0.15) is 41.7 Å². The zero-order valence-corrected chi connectivity index (χ0v) is 17.7. The molecule has 1 atom stereocenters. The largest absolute Gasteiger partial charge is 0.459 e. The maximum absolute atomic E-state index is 13.4. The van der Waals surface area contributed by atoms with Gasteiger partial charge in [-0.15, -0.1) is 0 Å². The van der Waals surface area contributed by atoms with Crippen molar-refractivity contribution in [2.45, 2.75) is 32.5 Å². The first-order valence-electron chi connectivity index (χ1n) is 10.00. The summed E-state index contributed by atoms with van der Waals surface area (Å²) < 4.78 is 7.42. The second-order valence-corrected chi connectivity index (χ2v) is 8.11. The van der Waals surface area contributed by atoms with E-state index in [-0.39, 0.29) is 36.2 Å². The summed E-state index contributed by atoms with van der Waals surface area (Å²) >= 11 is 6.08. The number of benzene rings is 1. The lowest BCUT2D eigenvalue weighted by Crippen LogP contribution is -2.49. The first-order chi connectivity index (χ1) is 14.5. The van der Waals surface area contributed by atoms with Crippen LogP contribution in [0.2, 0.25) is 5.02 Å². The highest BCUT2D eigenvalue weighted by molar-refractivity contribution is 6.30. The Balaban J connectivity index is 1.63. The number of furan rings is 1. The fraction of sp³-hybridized carbons (Fsp3) is 0.304. The van der Waals surface area contributed by atoms with Crippen LogP contribution in [0.3, 0.4) is 0 Å². The minimum Gasteiger partial charge on any atom is -0.459 e. The van der Waals surface area contributed by atoms with Crippen LogP contribution in [0.4, 0.5) is 0 Å². The van der Waals surface area contributed by atoms with Crippen molar-refractivity contribution in [1.82, 2.24) is 14.4 Å². The van der Waals surface area contributed by atoms with E-state index < -0.39 is 0 Å². The molecule has 30 heavy (non-hydrogen) atoms. The highest BCUT2D eigenvalue weighted by Crippen LogP contribution is 2.33. The van der Waals surface area contributed by atoms with Crippen LogP contribution in [0, 0.1) is 0 Å². The second-order valence-electron chi connectivity index (χ2n) is 7.67. The van der Waals surface area contributed by atoms with Gasteiger partial charge in [0.05, 0.1) is 12.3 Å². The normalized spacial score (nSPS) is 15.9. The van der Waals surface area contributed by atoms with Crippen LogP contribution in [0.25, 0.3) is 0 Å². The summed E-state index contributed by atoms with van der Waals surface area (Å²) in [5, 5.41) is 0.651. The molecule has 3 aromatic rings. The van der Waals surface area contributed by atoms with Gasteiger partial charge in [0.1, 0.15) is 6.54 Å². The highest BCUT2D eigenvalue weighted by atomic mass is 35.5. The van der Waals surface area contributed by atoms with Gasteiger partial charge < -0.3 is 18.8 Å². The molecule has 7 heteroatoms. The van der Waals surface area contributed by atoms with E-state index in [1.165, 1.54) is 6.26 Å². The molecule has 0 spiro atoms. The van der Waals surface area contributed by atoms with Crippen LogP contribution < -0.4 is 0 Å². The zero-order valence-electron chi connectivity index (χ0n) is 17.0. The molecule has 3 heterocycles. The lowest BCUT2D eigenvalue weighted by atomic mass is 9.99. The van der Waals surface area contributed by atoms with E-state index in [0.717, 1.165) is 11.3 Å². The number of rotatable bonds is 5. The molecule has 156 valence electrons. The highest BCUT2D eigenvalue weighted by Gasteiger charge is 2.34. The number of carbonyl (C=O) groups excluding carboxylic acids is 2. The minimum absolute atomic E-state index is 0.0119. The molecule has 0 bridgehead atoms. The van der Waals surface area contributed by atoms with E-state index in [1.54, 1.807) is 17.0 Å². The van der Waals surface area contributed by atoms with Gasteiger partial charge in [0.15, 0.2) is 5.76 Å². The Morgan fingerprint density at radius 2 is 1.90 bits per heavy atom. The van der Waals surface area contributed by atoms with Gasteiger partial charge >= 0.3 is 0 Å². The van der Waals surface area contributed by atoms with E-state index in [1.807, 2.05) is 61.3 Å². The summed E-state index contributed by atoms with van der Waals surface area (Å²) in [6.07, 6.45) is 3.49.